The Bertz CT molecular complexity index is 3050. The smallest absolute Gasteiger partial charge is 0.253 e. The van der Waals surface area contributed by atoms with Crippen LogP contribution in [0.1, 0.15) is 50.2 Å². The van der Waals surface area contributed by atoms with Crippen LogP contribution in [0.2, 0.25) is 0 Å². The molecule has 4 N–H and O–H groups in total. The van der Waals surface area contributed by atoms with E-state index in [-0.39, 0.29) is 11.6 Å². The van der Waals surface area contributed by atoms with Crippen LogP contribution >= 0.6 is 0 Å². The third-order valence-electron chi connectivity index (χ3n) is 15.0. The molecule has 0 bridgehead atoms. The van der Waals surface area contributed by atoms with Crippen molar-refractivity contribution in [3.05, 3.63) is 143 Å². The third kappa shape index (κ3) is 13.4. The molecule has 4 aliphatic heterocycles. The Balaban J connectivity index is 0.000000190. The summed E-state index contributed by atoms with van der Waals surface area (Å²) < 4.78 is 50.8. The van der Waals surface area contributed by atoms with Crippen molar-refractivity contribution in [1.82, 2.24) is 39.7 Å². The predicted octanol–water partition coefficient (Wildman–Crippen LogP) is 7.38. The molecule has 78 heavy (non-hydrogen) atoms. The minimum absolute atomic E-state index is 0.236. The average Bonchev–Trinajstić information content (AvgIpc) is 4.21. The summed E-state index contributed by atoms with van der Waals surface area (Å²) in [6, 6.07) is 33.0. The van der Waals surface area contributed by atoms with E-state index < -0.39 is 10.8 Å². The van der Waals surface area contributed by atoms with Crippen molar-refractivity contribution in [1.29, 1.82) is 0 Å². The molecule has 0 radical (unpaired) electrons. The van der Waals surface area contributed by atoms with Crippen LogP contribution in [0.3, 0.4) is 0 Å². The van der Waals surface area contributed by atoms with Gasteiger partial charge in [-0.1, -0.05) is 123 Å². The lowest BCUT2D eigenvalue weighted by Gasteiger charge is -2.35. The second kappa shape index (κ2) is 24.9. The Morgan fingerprint density at radius 2 is 0.821 bits per heavy atom. The first-order chi connectivity index (χ1) is 37.6. The van der Waals surface area contributed by atoms with Crippen molar-refractivity contribution >= 4 is 35.6 Å². The molecule has 0 atom stereocenters. The molecule has 4 fully saturated rings. The van der Waals surface area contributed by atoms with E-state index in [2.05, 4.69) is 76.7 Å². The Morgan fingerprint density at radius 1 is 0.474 bits per heavy atom. The number of nitrogens with zero attached hydrogens (tertiary/aromatic N) is 12. The van der Waals surface area contributed by atoms with Gasteiger partial charge in [0.25, 0.3) is 11.8 Å². The molecule has 6 heterocycles. The van der Waals surface area contributed by atoms with Gasteiger partial charge in [0.2, 0.25) is 11.9 Å². The number of likely N-dealkylation sites (N-methyl/N-ethyl adjacent to an activating group) is 2. The van der Waals surface area contributed by atoms with E-state index in [1.165, 1.54) is 12.1 Å². The number of nitrogens with two attached hydrogens (primary N) is 2. The first kappa shape index (κ1) is 55.2. The van der Waals surface area contributed by atoms with Gasteiger partial charge in [0, 0.05) is 113 Å². The molecule has 2 aromatic heterocycles. The number of hydrogen-bond donors (Lipinski definition) is 2. The van der Waals surface area contributed by atoms with E-state index in [0.29, 0.717) is 99.3 Å². The predicted molar refractivity (Wildman–Crippen MR) is 301 cm³/mol. The van der Waals surface area contributed by atoms with Crippen LogP contribution in [0.5, 0.6) is 0 Å². The highest BCUT2D eigenvalue weighted by Crippen LogP contribution is 2.36. The molecule has 20 heteroatoms. The number of hydrogen-bond acceptors (Lipinski definition) is 10. The average molecular weight is 1070 g/mol. The zero-order chi connectivity index (χ0) is 54.8. The van der Waals surface area contributed by atoms with Gasteiger partial charge in [0.05, 0.1) is 37.8 Å². The van der Waals surface area contributed by atoms with Gasteiger partial charge in [-0.25, -0.2) is 8.78 Å². The summed E-state index contributed by atoms with van der Waals surface area (Å²) in [4.78, 5) is 31.8. The highest BCUT2D eigenvalue weighted by Gasteiger charge is 2.30. The summed E-state index contributed by atoms with van der Waals surface area (Å²) in [5.41, 5.74) is 18.2. The fourth-order valence-corrected chi connectivity index (χ4v) is 9.52. The van der Waals surface area contributed by atoms with E-state index in [4.69, 9.17) is 45.0 Å². The van der Waals surface area contributed by atoms with Crippen LogP contribution in [0.25, 0.3) is 22.3 Å². The van der Waals surface area contributed by atoms with Gasteiger partial charge >= 0.3 is 0 Å². The maximum atomic E-state index is 14.3. The molecule has 4 saturated heterocycles. The molecule has 18 nitrogen and oxygen atoms in total. The van der Waals surface area contributed by atoms with Crippen molar-refractivity contribution in [3.8, 4) is 22.3 Å². The number of morpholine rings is 2. The number of rotatable bonds is 8. The van der Waals surface area contributed by atoms with Crippen molar-refractivity contribution < 1.29 is 27.3 Å². The summed E-state index contributed by atoms with van der Waals surface area (Å²) in [7, 11) is 4.23. The van der Waals surface area contributed by atoms with Gasteiger partial charge < -0.3 is 59.4 Å². The molecule has 0 aliphatic carbocycles. The number of guanidine groups is 4. The van der Waals surface area contributed by atoms with Crippen molar-refractivity contribution in [2.45, 2.75) is 38.5 Å². The zero-order valence-electron chi connectivity index (χ0n) is 45.6. The fourth-order valence-electron chi connectivity index (χ4n) is 9.52. The maximum Gasteiger partial charge on any atom is 0.253 e. The maximum absolute atomic E-state index is 14.3. The molecular weight excluding hydrogens is 995 g/mol. The number of aliphatic imine (C=N–C) groups is 4. The minimum atomic E-state index is -0.472. The lowest BCUT2D eigenvalue weighted by Crippen LogP contribution is -2.51. The fraction of sp³-hybridized carbons (Fsp3) is 0.414. The van der Waals surface area contributed by atoms with Crippen LogP contribution in [0.15, 0.2) is 138 Å². The molecule has 0 unspecified atom stereocenters. The van der Waals surface area contributed by atoms with Gasteiger partial charge in [-0.05, 0) is 48.5 Å². The van der Waals surface area contributed by atoms with E-state index in [1.54, 1.807) is 24.3 Å². The molecule has 0 amide bonds. The lowest BCUT2D eigenvalue weighted by atomic mass is 9.81. The summed E-state index contributed by atoms with van der Waals surface area (Å²) in [6.45, 7) is 20.4. The van der Waals surface area contributed by atoms with E-state index in [0.717, 1.165) is 86.0 Å². The summed E-state index contributed by atoms with van der Waals surface area (Å²) >= 11 is 0. The molecule has 0 spiro atoms. The molecule has 6 aromatic rings. The third-order valence-corrected chi connectivity index (χ3v) is 15.0. The Labute approximate surface area is 455 Å². The molecule has 4 aromatic carbocycles. The van der Waals surface area contributed by atoms with Crippen molar-refractivity contribution in [3.63, 3.8) is 0 Å². The van der Waals surface area contributed by atoms with Crippen LogP contribution in [-0.2, 0) is 20.3 Å². The van der Waals surface area contributed by atoms with Gasteiger partial charge in [0.1, 0.15) is 11.6 Å². The van der Waals surface area contributed by atoms with Crippen LogP contribution in [0, 0.1) is 11.6 Å². The SMILES string of the molecule is CC(C)(c1ccc(-c2ccccc2F)cc1)c1cc(N=C(N=C(N)N2CCOCC2)N2CCOCC2)on1.CN1CCN(C(N)=NC(=Nc2cc(C(C)(C)c3ccc(-c4ccccc4F)cc3)no2)N2CCN(C)CC2)CC1. The van der Waals surface area contributed by atoms with Crippen molar-refractivity contribution in [2.75, 3.05) is 119 Å². The topological polar surface area (TPSA) is 191 Å². The van der Waals surface area contributed by atoms with Crippen LogP contribution in [-0.4, -0.2) is 183 Å². The number of ether oxygens (including phenoxy) is 2. The first-order valence-corrected chi connectivity index (χ1v) is 26.7. The molecule has 0 saturated carbocycles. The Hall–Kier alpha value is -7.52. The van der Waals surface area contributed by atoms with Gasteiger partial charge in [-0.15, -0.1) is 0 Å². The number of aromatic nitrogens is 2. The van der Waals surface area contributed by atoms with Gasteiger partial charge in [-0.3, -0.25) is 0 Å². The molecule has 10 rings (SSSR count). The monoisotopic (exact) mass is 1070 g/mol. The first-order valence-electron chi connectivity index (χ1n) is 26.7. The summed E-state index contributed by atoms with van der Waals surface area (Å²) in [6.07, 6.45) is 0. The Kier molecular flexibility index (Phi) is 17.6. The summed E-state index contributed by atoms with van der Waals surface area (Å²) in [5.74, 6) is 2.12. The highest BCUT2D eigenvalue weighted by molar-refractivity contribution is 5.96. The van der Waals surface area contributed by atoms with E-state index >= 15 is 0 Å². The molecule has 412 valence electrons. The zero-order valence-corrected chi connectivity index (χ0v) is 45.6. The highest BCUT2D eigenvalue weighted by atomic mass is 19.1. The lowest BCUT2D eigenvalue weighted by molar-refractivity contribution is 0.0657. The molecule has 4 aliphatic rings. The van der Waals surface area contributed by atoms with E-state index in [9.17, 15) is 8.78 Å². The second-order valence-electron chi connectivity index (χ2n) is 21.0. The van der Waals surface area contributed by atoms with Crippen LogP contribution in [0.4, 0.5) is 20.5 Å². The molecular formula is C58H72F2N14O4. The normalized spacial score (nSPS) is 18.1. The quantitative estimate of drug-likeness (QED) is 0.113. The van der Waals surface area contributed by atoms with Gasteiger partial charge in [0.15, 0.2) is 11.9 Å². The minimum Gasteiger partial charge on any atom is -0.378 e. The summed E-state index contributed by atoms with van der Waals surface area (Å²) in [5, 5.41) is 8.72. The van der Waals surface area contributed by atoms with Crippen LogP contribution < -0.4 is 11.5 Å². The number of benzene rings is 4. The largest absolute Gasteiger partial charge is 0.378 e. The standard InChI is InChI=1S/C30H39FN8O.C28H33FN6O3/c1-30(2,23-11-9-22(10-12-23)24-7-5-6-8-25(24)31)26-21-27(40-35-26)33-29(39-19-15-37(4)16-20-39)34-28(32)38-17-13-36(3)14-18-38;1-28(2,21-9-7-20(8-10-21)22-5-3-4-6-23(22)29)24-19-25(38-33-24)31-27(35-13-17-37-18-14-35)32-26(30)34-11-15-36-16-12-34/h5-12,21H,13-20H2,1-4H3,(H2,32,33,34);3-10,19H,11-18H2,1-2H3,(H2,30,31,32). The van der Waals surface area contributed by atoms with Gasteiger partial charge in [-0.2, -0.15) is 20.0 Å². The Morgan fingerprint density at radius 3 is 1.22 bits per heavy atom. The van der Waals surface area contributed by atoms with Crippen molar-refractivity contribution in [2.24, 2.45) is 31.4 Å². The van der Waals surface area contributed by atoms with E-state index in [1.807, 2.05) is 82.6 Å². The number of piperazine rings is 2. The number of halogens is 2. The second-order valence-corrected chi connectivity index (χ2v) is 21.0.